The highest BCUT2D eigenvalue weighted by Gasteiger charge is 2.23. The van der Waals surface area contributed by atoms with Crippen LogP contribution in [0.3, 0.4) is 0 Å². The molecule has 0 saturated carbocycles. The molecule has 248 valence electrons. The van der Waals surface area contributed by atoms with Crippen LogP contribution in [0.2, 0.25) is 6.04 Å². The lowest BCUT2D eigenvalue weighted by Crippen LogP contribution is -2.07. The third-order valence-electron chi connectivity index (χ3n) is 8.89. The van der Waals surface area contributed by atoms with E-state index in [1.165, 1.54) is 205 Å². The zero-order valence-electron chi connectivity index (χ0n) is 27.7. The van der Waals surface area contributed by atoms with Crippen LogP contribution < -0.4 is 0 Å². The van der Waals surface area contributed by atoms with E-state index in [4.69, 9.17) is 45.9 Å². The number of hydrogen-bond acceptors (Lipinski definition) is 1. The molecule has 0 fully saturated rings. The van der Waals surface area contributed by atoms with Crippen molar-refractivity contribution in [2.24, 2.45) is 0 Å². The molecule has 0 rings (SSSR count). The molecular formula is C36H73Cl3SSi. The van der Waals surface area contributed by atoms with Gasteiger partial charge in [0.2, 0.25) is 0 Å². The Bertz CT molecular complexity index is 486. The first-order valence-electron chi connectivity index (χ1n) is 18.7. The van der Waals surface area contributed by atoms with Gasteiger partial charge in [-0.15, -0.1) is 33.2 Å². The van der Waals surface area contributed by atoms with Gasteiger partial charge in [-0.05, 0) is 18.9 Å². The molecule has 0 aromatic heterocycles. The molecule has 5 heteroatoms. The fourth-order valence-electron chi connectivity index (χ4n) is 6.08. The summed E-state index contributed by atoms with van der Waals surface area (Å²) in [5.41, 5.74) is 0. The molecule has 41 heavy (non-hydrogen) atoms. The van der Waals surface area contributed by atoms with E-state index in [1.54, 1.807) is 0 Å². The highest BCUT2D eigenvalue weighted by atomic mass is 35.8. The van der Waals surface area contributed by atoms with E-state index >= 15 is 0 Å². The first-order valence-corrected chi connectivity index (χ1v) is 24.5. The second-order valence-corrected chi connectivity index (χ2v) is 23.2. The molecule has 1 atom stereocenters. The van der Waals surface area contributed by atoms with Gasteiger partial charge in [-0.1, -0.05) is 206 Å². The molecule has 0 N–H and O–H groups in total. The maximum atomic E-state index is 5.93. The van der Waals surface area contributed by atoms with Crippen molar-refractivity contribution in [2.75, 3.05) is 0 Å². The van der Waals surface area contributed by atoms with E-state index in [1.807, 2.05) is 0 Å². The Hall–Kier alpha value is 1.44. The van der Waals surface area contributed by atoms with Gasteiger partial charge in [-0.2, -0.15) is 12.6 Å². The summed E-state index contributed by atoms with van der Waals surface area (Å²) in [5, 5.41) is 0.643. The molecule has 0 aliphatic carbocycles. The predicted octanol–water partition coefficient (Wildman–Crippen LogP) is 15.8. The third-order valence-corrected chi connectivity index (χ3v) is 12.0. The summed E-state index contributed by atoms with van der Waals surface area (Å²) in [4.78, 5) is 0. The fraction of sp³-hybridized carbons (Fsp3) is 1.00. The predicted molar refractivity (Wildman–Crippen MR) is 199 cm³/mol. The van der Waals surface area contributed by atoms with E-state index < -0.39 is 6.00 Å². The van der Waals surface area contributed by atoms with Gasteiger partial charge in [0.1, 0.15) is 0 Å². The lowest BCUT2D eigenvalue weighted by molar-refractivity contribution is 0.515. The normalized spacial score (nSPS) is 12.8. The van der Waals surface area contributed by atoms with Gasteiger partial charge in [-0.25, -0.2) is 0 Å². The van der Waals surface area contributed by atoms with Crippen molar-refractivity contribution in [3.63, 3.8) is 0 Å². The summed E-state index contributed by atoms with van der Waals surface area (Å²) >= 11 is 22.7. The topological polar surface area (TPSA) is 0 Å². The molecule has 0 aliphatic heterocycles. The fourth-order valence-corrected chi connectivity index (χ4v) is 8.29. The quantitative estimate of drug-likeness (QED) is 0.0295. The van der Waals surface area contributed by atoms with Crippen molar-refractivity contribution in [1.29, 1.82) is 0 Å². The van der Waals surface area contributed by atoms with Crippen molar-refractivity contribution in [1.82, 2.24) is 0 Å². The summed E-state index contributed by atoms with van der Waals surface area (Å²) in [6, 6.07) is -1.55. The maximum absolute atomic E-state index is 5.93. The summed E-state index contributed by atoms with van der Waals surface area (Å²) in [6.07, 6.45) is 46.5. The minimum absolute atomic E-state index is 0.643. The highest BCUT2D eigenvalue weighted by molar-refractivity contribution is 7.80. The number of rotatable bonds is 35. The highest BCUT2D eigenvalue weighted by Crippen LogP contribution is 2.27. The number of hydrogen-bond donors (Lipinski definition) is 1. The number of unbranched alkanes of at least 4 members (excludes halogenated alkanes) is 29. The van der Waals surface area contributed by atoms with Crippen LogP contribution in [0.5, 0.6) is 0 Å². The molecule has 0 aromatic rings. The minimum atomic E-state index is -2.37. The summed E-state index contributed by atoms with van der Waals surface area (Å²) < 4.78 is 0. The van der Waals surface area contributed by atoms with E-state index in [0.29, 0.717) is 5.25 Å². The second-order valence-electron chi connectivity index (χ2n) is 13.2. The third kappa shape index (κ3) is 39.4. The van der Waals surface area contributed by atoms with Crippen LogP contribution in [0.15, 0.2) is 0 Å². The minimum Gasteiger partial charge on any atom is -0.176 e. The lowest BCUT2D eigenvalue weighted by atomic mass is 10.0. The SMILES string of the molecule is CCCCCCCCCCCCCCCCCCC(S)CCCCCCCCCCCCCCCCC[Si](Cl)(Cl)Cl. The molecule has 1 unspecified atom stereocenters. The Morgan fingerprint density at radius 1 is 0.366 bits per heavy atom. The number of thiol groups is 1. The Balaban J connectivity index is 3.16. The average Bonchev–Trinajstić information content (AvgIpc) is 2.93. The van der Waals surface area contributed by atoms with Gasteiger partial charge in [0, 0.05) is 5.25 Å². The van der Waals surface area contributed by atoms with Crippen LogP contribution in [-0.4, -0.2) is 11.3 Å². The molecule has 0 aliphatic rings. The van der Waals surface area contributed by atoms with Crippen molar-refractivity contribution in [3.8, 4) is 0 Å². The first-order chi connectivity index (χ1) is 20.0. The zero-order valence-corrected chi connectivity index (χ0v) is 31.9. The molecule has 0 aromatic carbocycles. The molecule has 0 amide bonds. The van der Waals surface area contributed by atoms with Gasteiger partial charge < -0.3 is 0 Å². The Kier molecular flexibility index (Phi) is 35.5. The van der Waals surface area contributed by atoms with E-state index in [9.17, 15) is 0 Å². The smallest absolute Gasteiger partial charge is 0.176 e. The lowest BCUT2D eigenvalue weighted by Gasteiger charge is -2.10. The van der Waals surface area contributed by atoms with E-state index in [-0.39, 0.29) is 0 Å². The summed E-state index contributed by atoms with van der Waals surface area (Å²) in [6.45, 7) is 2.30. The standard InChI is InChI=1S/C36H73Cl3SSi/c1-2-3-4-5-6-7-8-9-10-12-15-18-21-24-27-30-33-36(40)34-31-28-25-22-19-16-13-11-14-17-20-23-26-29-32-35-41(37,38)39/h36,40H,2-35H2,1H3. The average molecular weight is 672 g/mol. The molecular weight excluding hydrogens is 599 g/mol. The first kappa shape index (κ1) is 42.4. The monoisotopic (exact) mass is 670 g/mol. The van der Waals surface area contributed by atoms with Crippen molar-refractivity contribution < 1.29 is 0 Å². The molecule has 0 saturated heterocycles. The van der Waals surface area contributed by atoms with Crippen molar-refractivity contribution in [3.05, 3.63) is 0 Å². The van der Waals surface area contributed by atoms with Crippen LogP contribution in [0.4, 0.5) is 0 Å². The zero-order chi connectivity index (χ0) is 30.1. The summed E-state index contributed by atoms with van der Waals surface area (Å²) in [7, 11) is 0. The van der Waals surface area contributed by atoms with Gasteiger partial charge in [-0.3, -0.25) is 0 Å². The van der Waals surface area contributed by atoms with Gasteiger partial charge in [0.05, 0.1) is 0 Å². The summed E-state index contributed by atoms with van der Waals surface area (Å²) in [5.74, 6) is 0. The van der Waals surface area contributed by atoms with Crippen LogP contribution in [-0.2, 0) is 0 Å². The van der Waals surface area contributed by atoms with E-state index in [2.05, 4.69) is 6.92 Å². The second kappa shape index (κ2) is 34.3. The molecule has 0 bridgehead atoms. The maximum Gasteiger partial charge on any atom is 0.341 e. The molecule has 0 radical (unpaired) electrons. The van der Waals surface area contributed by atoms with Gasteiger partial charge >= 0.3 is 6.00 Å². The Labute approximate surface area is 280 Å². The Morgan fingerprint density at radius 3 is 0.829 bits per heavy atom. The molecule has 0 heterocycles. The molecule has 0 spiro atoms. The van der Waals surface area contributed by atoms with Crippen LogP contribution in [0.25, 0.3) is 0 Å². The van der Waals surface area contributed by atoms with Gasteiger partial charge in [0.25, 0.3) is 0 Å². The van der Waals surface area contributed by atoms with E-state index in [0.717, 1.165) is 12.5 Å². The van der Waals surface area contributed by atoms with Crippen LogP contribution in [0.1, 0.15) is 219 Å². The van der Waals surface area contributed by atoms with Crippen LogP contribution >= 0.6 is 45.9 Å². The van der Waals surface area contributed by atoms with Gasteiger partial charge in [0.15, 0.2) is 0 Å². The van der Waals surface area contributed by atoms with Crippen molar-refractivity contribution in [2.45, 2.75) is 230 Å². The van der Waals surface area contributed by atoms with Crippen molar-refractivity contribution >= 4 is 51.9 Å². The van der Waals surface area contributed by atoms with Crippen LogP contribution in [0, 0.1) is 0 Å². The Morgan fingerprint density at radius 2 is 0.585 bits per heavy atom. The largest absolute Gasteiger partial charge is 0.341 e. The number of halogens is 3. The molecule has 0 nitrogen and oxygen atoms in total.